The van der Waals surface area contributed by atoms with Crippen LogP contribution in [0.1, 0.15) is 17.7 Å². The van der Waals surface area contributed by atoms with Crippen molar-refractivity contribution in [3.8, 4) is 0 Å². The predicted octanol–water partition coefficient (Wildman–Crippen LogP) is 3.32. The molecule has 0 aliphatic carbocycles. The molecule has 0 fully saturated rings. The number of anilines is 1. The summed E-state index contributed by atoms with van der Waals surface area (Å²) < 4.78 is 10.6. The van der Waals surface area contributed by atoms with Crippen LogP contribution in [0, 0.1) is 6.92 Å². The largest absolute Gasteiger partial charge is 0.467 e. The normalized spacial score (nSPS) is 10.3. The highest BCUT2D eigenvalue weighted by Gasteiger charge is 2.01. The number of hydrogen-bond donors (Lipinski definition) is 2. The van der Waals surface area contributed by atoms with Gasteiger partial charge in [0.25, 0.3) is 0 Å². The number of nitrogens with one attached hydrogen (secondary N) is 2. The molecule has 5 nitrogen and oxygen atoms in total. The second kappa shape index (κ2) is 8.11. The molecule has 1 aromatic heterocycles. The second-order valence-corrected chi connectivity index (χ2v) is 4.74. The molecular formula is C16H20N2O3. The van der Waals surface area contributed by atoms with E-state index < -0.39 is 0 Å². The van der Waals surface area contributed by atoms with Crippen LogP contribution in [0.3, 0.4) is 0 Å². The van der Waals surface area contributed by atoms with Crippen LogP contribution in [0.2, 0.25) is 0 Å². The molecule has 2 N–H and O–H groups in total. The molecule has 0 aliphatic heterocycles. The predicted molar refractivity (Wildman–Crippen MR) is 81.2 cm³/mol. The van der Waals surface area contributed by atoms with Crippen molar-refractivity contribution < 1.29 is 13.9 Å². The summed E-state index contributed by atoms with van der Waals surface area (Å²) in [6.07, 6.45) is 2.37. The summed E-state index contributed by atoms with van der Waals surface area (Å²) in [5, 5.41) is 5.58. The summed E-state index contributed by atoms with van der Waals surface area (Å²) >= 11 is 0. The maximum atomic E-state index is 11.7. The van der Waals surface area contributed by atoms with Gasteiger partial charge in [-0.15, -0.1) is 0 Å². The fourth-order valence-corrected chi connectivity index (χ4v) is 1.84. The van der Waals surface area contributed by atoms with Crippen LogP contribution in [-0.2, 0) is 11.3 Å². The van der Waals surface area contributed by atoms with Gasteiger partial charge in [0.1, 0.15) is 12.4 Å². The van der Waals surface area contributed by atoms with Crippen LogP contribution in [0.4, 0.5) is 10.5 Å². The standard InChI is InChI=1S/C16H20N2O3/c1-13-5-2-6-14(11-13)18-16(19)17-8-4-9-20-12-15-7-3-10-21-15/h2-3,5-7,10-11H,4,8-9,12H2,1H3,(H2,17,18,19). The number of ether oxygens (including phenoxy) is 1. The van der Waals surface area contributed by atoms with Crippen LogP contribution < -0.4 is 10.6 Å². The molecule has 5 heteroatoms. The van der Waals surface area contributed by atoms with Gasteiger partial charge in [-0.3, -0.25) is 0 Å². The number of amides is 2. The Morgan fingerprint density at radius 1 is 1.29 bits per heavy atom. The lowest BCUT2D eigenvalue weighted by Crippen LogP contribution is -2.30. The molecule has 0 bridgehead atoms. The van der Waals surface area contributed by atoms with Crippen molar-refractivity contribution in [1.29, 1.82) is 0 Å². The highest BCUT2D eigenvalue weighted by Crippen LogP contribution is 2.08. The fourth-order valence-electron chi connectivity index (χ4n) is 1.84. The molecular weight excluding hydrogens is 268 g/mol. The van der Waals surface area contributed by atoms with Gasteiger partial charge in [-0.25, -0.2) is 4.79 Å². The van der Waals surface area contributed by atoms with E-state index in [-0.39, 0.29) is 6.03 Å². The molecule has 21 heavy (non-hydrogen) atoms. The average molecular weight is 288 g/mol. The maximum absolute atomic E-state index is 11.7. The lowest BCUT2D eigenvalue weighted by Gasteiger charge is -2.08. The van der Waals surface area contributed by atoms with Crippen LogP contribution in [-0.4, -0.2) is 19.2 Å². The summed E-state index contributed by atoms with van der Waals surface area (Å²) in [4.78, 5) is 11.7. The Morgan fingerprint density at radius 3 is 2.95 bits per heavy atom. The van der Waals surface area contributed by atoms with Crippen molar-refractivity contribution in [2.75, 3.05) is 18.5 Å². The Labute approximate surface area is 124 Å². The smallest absolute Gasteiger partial charge is 0.319 e. The fraction of sp³-hybridized carbons (Fsp3) is 0.312. The number of carbonyl (C=O) groups excluding carboxylic acids is 1. The zero-order valence-electron chi connectivity index (χ0n) is 12.1. The monoisotopic (exact) mass is 288 g/mol. The molecule has 112 valence electrons. The number of urea groups is 1. The molecule has 0 saturated carbocycles. The van der Waals surface area contributed by atoms with Crippen molar-refractivity contribution >= 4 is 11.7 Å². The number of carbonyl (C=O) groups is 1. The van der Waals surface area contributed by atoms with Crippen LogP contribution in [0.5, 0.6) is 0 Å². The van der Waals surface area contributed by atoms with Crippen molar-refractivity contribution in [3.05, 3.63) is 54.0 Å². The van der Waals surface area contributed by atoms with Crippen molar-refractivity contribution in [2.45, 2.75) is 20.0 Å². The Bertz CT molecular complexity index is 552. The molecule has 0 aliphatic rings. The third-order valence-electron chi connectivity index (χ3n) is 2.85. The summed E-state index contributed by atoms with van der Waals surface area (Å²) in [6, 6.07) is 11.2. The molecule has 0 saturated heterocycles. The first-order valence-corrected chi connectivity index (χ1v) is 6.96. The number of furan rings is 1. The Kier molecular flexibility index (Phi) is 5.84. The zero-order valence-corrected chi connectivity index (χ0v) is 12.1. The summed E-state index contributed by atoms with van der Waals surface area (Å²) in [5.74, 6) is 0.806. The average Bonchev–Trinajstić information content (AvgIpc) is 2.96. The first-order chi connectivity index (χ1) is 10.2. The van der Waals surface area contributed by atoms with Gasteiger partial charge >= 0.3 is 6.03 Å². The van der Waals surface area contributed by atoms with Crippen LogP contribution in [0.25, 0.3) is 0 Å². The van der Waals surface area contributed by atoms with Gasteiger partial charge in [0.2, 0.25) is 0 Å². The van der Waals surface area contributed by atoms with Crippen molar-refractivity contribution in [1.82, 2.24) is 5.32 Å². The van der Waals surface area contributed by atoms with E-state index in [1.165, 1.54) is 0 Å². The van der Waals surface area contributed by atoms with Gasteiger partial charge < -0.3 is 19.8 Å². The van der Waals surface area contributed by atoms with Gasteiger partial charge in [0.05, 0.1) is 6.26 Å². The highest BCUT2D eigenvalue weighted by atomic mass is 16.5. The summed E-state index contributed by atoms with van der Waals surface area (Å²) in [5.41, 5.74) is 1.90. The van der Waals surface area contributed by atoms with E-state index in [9.17, 15) is 4.79 Å². The van der Waals surface area contributed by atoms with Gasteiger partial charge in [-0.2, -0.15) is 0 Å². The van der Waals surface area contributed by atoms with Crippen molar-refractivity contribution in [2.24, 2.45) is 0 Å². The van der Waals surface area contributed by atoms with Gasteiger partial charge in [-0.05, 0) is 43.2 Å². The van der Waals surface area contributed by atoms with Crippen LogP contribution >= 0.6 is 0 Å². The van der Waals surface area contributed by atoms with Crippen LogP contribution in [0.15, 0.2) is 47.1 Å². The number of rotatable bonds is 7. The third kappa shape index (κ3) is 5.71. The van der Waals surface area contributed by atoms with E-state index in [0.717, 1.165) is 23.4 Å². The minimum absolute atomic E-state index is 0.202. The summed E-state index contributed by atoms with van der Waals surface area (Å²) in [7, 11) is 0. The van der Waals surface area contributed by atoms with Gasteiger partial charge in [0, 0.05) is 18.8 Å². The molecule has 0 radical (unpaired) electrons. The SMILES string of the molecule is Cc1cccc(NC(=O)NCCCOCc2ccco2)c1. The van der Waals surface area contributed by atoms with Gasteiger partial charge in [0.15, 0.2) is 0 Å². The van der Waals surface area contributed by atoms with E-state index in [2.05, 4.69) is 10.6 Å². The molecule has 2 rings (SSSR count). The quantitative estimate of drug-likeness (QED) is 0.768. The molecule has 1 aromatic carbocycles. The molecule has 2 aromatic rings. The third-order valence-corrected chi connectivity index (χ3v) is 2.85. The molecule has 1 heterocycles. The second-order valence-electron chi connectivity index (χ2n) is 4.74. The topological polar surface area (TPSA) is 63.5 Å². The number of aryl methyl sites for hydroxylation is 1. The zero-order chi connectivity index (χ0) is 14.9. The molecule has 0 atom stereocenters. The first-order valence-electron chi connectivity index (χ1n) is 6.96. The van der Waals surface area contributed by atoms with Crippen molar-refractivity contribution in [3.63, 3.8) is 0 Å². The maximum Gasteiger partial charge on any atom is 0.319 e. The minimum Gasteiger partial charge on any atom is -0.467 e. The number of benzene rings is 1. The Balaban J connectivity index is 1.55. The molecule has 2 amide bonds. The Hall–Kier alpha value is -2.27. The first kappa shape index (κ1) is 15.1. The Morgan fingerprint density at radius 2 is 2.19 bits per heavy atom. The van der Waals surface area contributed by atoms with E-state index in [1.807, 2.05) is 43.3 Å². The van der Waals surface area contributed by atoms with Gasteiger partial charge in [-0.1, -0.05) is 12.1 Å². The van der Waals surface area contributed by atoms with E-state index in [1.54, 1.807) is 6.26 Å². The summed E-state index contributed by atoms with van der Waals surface area (Å²) in [6.45, 7) is 3.59. The number of hydrogen-bond acceptors (Lipinski definition) is 3. The van der Waals surface area contributed by atoms with E-state index in [4.69, 9.17) is 9.15 Å². The molecule has 0 spiro atoms. The lowest BCUT2D eigenvalue weighted by atomic mass is 10.2. The highest BCUT2D eigenvalue weighted by molar-refractivity contribution is 5.89. The lowest BCUT2D eigenvalue weighted by molar-refractivity contribution is 0.104. The molecule has 0 unspecified atom stereocenters. The minimum atomic E-state index is -0.202. The van der Waals surface area contributed by atoms with E-state index in [0.29, 0.717) is 19.8 Å². The van der Waals surface area contributed by atoms with E-state index >= 15 is 0 Å².